The van der Waals surface area contributed by atoms with E-state index in [1.807, 2.05) is 0 Å². The number of sulfonamides is 1. The van der Waals surface area contributed by atoms with E-state index in [0.29, 0.717) is 5.56 Å². The molecule has 0 aliphatic rings. The van der Waals surface area contributed by atoms with E-state index in [1.54, 1.807) is 38.0 Å². The number of aromatic nitrogens is 4. The van der Waals surface area contributed by atoms with Gasteiger partial charge in [-0.25, -0.2) is 13.2 Å². The highest BCUT2D eigenvalue weighted by Gasteiger charge is 2.31. The Kier molecular flexibility index (Phi) is 4.81. The van der Waals surface area contributed by atoms with Crippen LogP contribution in [0.5, 0.6) is 0 Å². The summed E-state index contributed by atoms with van der Waals surface area (Å²) in [6.45, 7) is 3.53. The molecule has 9 nitrogen and oxygen atoms in total. The van der Waals surface area contributed by atoms with Gasteiger partial charge in [0.2, 0.25) is 0 Å². The van der Waals surface area contributed by atoms with E-state index in [9.17, 15) is 18.0 Å². The lowest BCUT2D eigenvalue weighted by molar-refractivity contribution is 0.346. The van der Waals surface area contributed by atoms with Crippen molar-refractivity contribution in [2.45, 2.75) is 31.3 Å². The highest BCUT2D eigenvalue weighted by atomic mass is 32.2. The van der Waals surface area contributed by atoms with Crippen molar-refractivity contribution in [1.29, 1.82) is 0 Å². The van der Waals surface area contributed by atoms with Crippen LogP contribution >= 0.6 is 0 Å². The monoisotopic (exact) mass is 355 g/mol. The van der Waals surface area contributed by atoms with Crippen molar-refractivity contribution in [1.82, 2.24) is 23.2 Å². The van der Waals surface area contributed by atoms with Crippen LogP contribution in [0, 0.1) is 0 Å². The van der Waals surface area contributed by atoms with Gasteiger partial charge >= 0.3 is 5.69 Å². The Bertz CT molecular complexity index is 968. The van der Waals surface area contributed by atoms with E-state index in [-0.39, 0.29) is 12.6 Å². The fourth-order valence-electron chi connectivity index (χ4n) is 2.36. The Balaban J connectivity index is 2.58. The Hall–Kier alpha value is -2.20. The van der Waals surface area contributed by atoms with Gasteiger partial charge in [0.1, 0.15) is 0 Å². The van der Waals surface area contributed by atoms with Crippen molar-refractivity contribution in [2.24, 2.45) is 21.1 Å². The summed E-state index contributed by atoms with van der Waals surface area (Å²) in [5.41, 5.74) is -0.714. The van der Waals surface area contributed by atoms with Gasteiger partial charge in [-0.05, 0) is 13.8 Å². The lowest BCUT2D eigenvalue weighted by atomic mass is 10.3. The average Bonchev–Trinajstić information content (AvgIpc) is 2.91. The van der Waals surface area contributed by atoms with Crippen LogP contribution < -0.4 is 11.2 Å². The lowest BCUT2D eigenvalue weighted by Gasteiger charge is -2.25. The Morgan fingerprint density at radius 1 is 1.17 bits per heavy atom. The summed E-state index contributed by atoms with van der Waals surface area (Å²) >= 11 is 0. The molecule has 0 bridgehead atoms. The first kappa shape index (κ1) is 18.1. The topological polar surface area (TPSA) is 99.2 Å². The molecule has 0 spiro atoms. The van der Waals surface area contributed by atoms with Crippen LogP contribution in [-0.4, -0.2) is 37.7 Å². The first-order valence-corrected chi connectivity index (χ1v) is 8.75. The van der Waals surface area contributed by atoms with Crippen molar-refractivity contribution < 1.29 is 8.42 Å². The Labute approximate surface area is 139 Å². The fourth-order valence-corrected chi connectivity index (χ4v) is 4.13. The van der Waals surface area contributed by atoms with E-state index >= 15 is 0 Å². The minimum absolute atomic E-state index is 0.0832. The molecule has 24 heavy (non-hydrogen) atoms. The fraction of sp³-hybridized carbons (Fsp3) is 0.500. The second kappa shape index (κ2) is 6.36. The SMILES string of the molecule is CC(C)N(Cc1cnn(C)c1)S(=O)(=O)c1cn(C)c(=O)n(C)c1=O. The van der Waals surface area contributed by atoms with Crippen molar-refractivity contribution in [3.8, 4) is 0 Å². The smallest absolute Gasteiger partial charge is 0.302 e. The summed E-state index contributed by atoms with van der Waals surface area (Å²) in [6.07, 6.45) is 4.35. The minimum Gasteiger partial charge on any atom is -0.302 e. The van der Waals surface area contributed by atoms with Crippen LogP contribution in [0.15, 0.2) is 33.1 Å². The molecule has 0 aromatic carbocycles. The van der Waals surface area contributed by atoms with Gasteiger partial charge in [0.25, 0.3) is 15.6 Å². The second-order valence-corrected chi connectivity index (χ2v) is 7.78. The predicted octanol–water partition coefficient (Wildman–Crippen LogP) is -0.583. The Morgan fingerprint density at radius 2 is 1.79 bits per heavy atom. The summed E-state index contributed by atoms with van der Waals surface area (Å²) in [7, 11) is 0.317. The van der Waals surface area contributed by atoms with Gasteiger partial charge in [0, 0.05) is 51.7 Å². The van der Waals surface area contributed by atoms with E-state index in [4.69, 9.17) is 0 Å². The van der Waals surface area contributed by atoms with Gasteiger partial charge in [-0.3, -0.25) is 14.0 Å². The molecule has 0 atom stereocenters. The summed E-state index contributed by atoms with van der Waals surface area (Å²) in [4.78, 5) is 23.6. The van der Waals surface area contributed by atoms with E-state index in [2.05, 4.69) is 5.10 Å². The molecule has 2 heterocycles. The third-order valence-corrected chi connectivity index (χ3v) is 5.68. The molecule has 0 radical (unpaired) electrons. The van der Waals surface area contributed by atoms with Crippen LogP contribution in [0.25, 0.3) is 0 Å². The first-order valence-electron chi connectivity index (χ1n) is 7.31. The molecular formula is C14H21N5O4S. The van der Waals surface area contributed by atoms with E-state index in [0.717, 1.165) is 15.3 Å². The quantitative estimate of drug-likeness (QED) is 0.714. The van der Waals surface area contributed by atoms with Gasteiger partial charge in [-0.15, -0.1) is 0 Å². The average molecular weight is 355 g/mol. The maximum absolute atomic E-state index is 13.0. The summed E-state index contributed by atoms with van der Waals surface area (Å²) < 4.78 is 30.6. The van der Waals surface area contributed by atoms with Crippen LogP contribution in [0.3, 0.4) is 0 Å². The largest absolute Gasteiger partial charge is 0.330 e. The summed E-state index contributed by atoms with van der Waals surface area (Å²) in [5, 5.41) is 4.03. The third-order valence-electron chi connectivity index (χ3n) is 3.67. The molecule has 2 rings (SSSR count). The third kappa shape index (κ3) is 3.20. The zero-order valence-corrected chi connectivity index (χ0v) is 15.1. The van der Waals surface area contributed by atoms with Crippen LogP contribution in [0.4, 0.5) is 0 Å². The molecule has 0 unspecified atom stereocenters. The number of hydrogen-bond donors (Lipinski definition) is 0. The minimum atomic E-state index is -4.08. The number of aryl methyl sites for hydroxylation is 2. The van der Waals surface area contributed by atoms with E-state index < -0.39 is 26.2 Å². The molecule has 0 N–H and O–H groups in total. The maximum Gasteiger partial charge on any atom is 0.330 e. The normalized spacial score (nSPS) is 12.3. The van der Waals surface area contributed by atoms with Crippen molar-refractivity contribution in [3.05, 3.63) is 45.0 Å². The van der Waals surface area contributed by atoms with Gasteiger partial charge in [0.15, 0.2) is 4.90 Å². The first-order chi connectivity index (χ1) is 11.1. The van der Waals surface area contributed by atoms with Gasteiger partial charge < -0.3 is 4.57 Å². The molecule has 2 aromatic rings. The highest BCUT2D eigenvalue weighted by molar-refractivity contribution is 7.89. The van der Waals surface area contributed by atoms with Crippen LogP contribution in [-0.2, 0) is 37.7 Å². The van der Waals surface area contributed by atoms with Crippen molar-refractivity contribution in [2.75, 3.05) is 0 Å². The zero-order valence-electron chi connectivity index (χ0n) is 14.3. The number of rotatable bonds is 5. The molecule has 0 saturated carbocycles. The molecule has 2 aromatic heterocycles. The van der Waals surface area contributed by atoms with Crippen LogP contribution in [0.1, 0.15) is 19.4 Å². The van der Waals surface area contributed by atoms with Gasteiger partial charge in [-0.2, -0.15) is 9.40 Å². The Morgan fingerprint density at radius 3 is 2.29 bits per heavy atom. The number of nitrogens with zero attached hydrogens (tertiary/aromatic N) is 5. The maximum atomic E-state index is 13.0. The van der Waals surface area contributed by atoms with Crippen LogP contribution in [0.2, 0.25) is 0 Å². The van der Waals surface area contributed by atoms with Gasteiger partial charge in [-0.1, -0.05) is 0 Å². The lowest BCUT2D eigenvalue weighted by Crippen LogP contribution is -2.44. The van der Waals surface area contributed by atoms with Crippen molar-refractivity contribution in [3.63, 3.8) is 0 Å². The highest BCUT2D eigenvalue weighted by Crippen LogP contribution is 2.18. The predicted molar refractivity (Wildman–Crippen MR) is 88.0 cm³/mol. The molecule has 0 aliphatic heterocycles. The molecular weight excluding hydrogens is 334 g/mol. The van der Waals surface area contributed by atoms with E-state index in [1.165, 1.54) is 18.4 Å². The zero-order chi connectivity index (χ0) is 18.2. The molecule has 0 amide bonds. The van der Waals surface area contributed by atoms with Crippen molar-refractivity contribution >= 4 is 10.0 Å². The molecule has 10 heteroatoms. The van der Waals surface area contributed by atoms with Gasteiger partial charge in [0.05, 0.1) is 6.20 Å². The molecule has 0 fully saturated rings. The standard InChI is InChI=1S/C14H21N5O4S/c1-10(2)19(8-11-6-15-17(4)7-11)24(22,23)12-9-16(3)14(21)18(5)13(12)20/h6-7,9-10H,8H2,1-5H3. The number of hydrogen-bond acceptors (Lipinski definition) is 5. The second-order valence-electron chi connectivity index (χ2n) is 5.92. The molecule has 0 aliphatic carbocycles. The molecule has 132 valence electrons. The summed E-state index contributed by atoms with van der Waals surface area (Å²) in [6, 6.07) is -0.378. The molecule has 0 saturated heterocycles. The summed E-state index contributed by atoms with van der Waals surface area (Å²) in [5.74, 6) is 0.